The van der Waals surface area contributed by atoms with Gasteiger partial charge in [0, 0.05) is 44.0 Å². The van der Waals surface area contributed by atoms with E-state index < -0.39 is 4.92 Å². The first kappa shape index (κ1) is 22.3. The minimum absolute atomic E-state index is 0.0192. The molecule has 0 saturated carbocycles. The van der Waals surface area contributed by atoms with Crippen LogP contribution in [0.15, 0.2) is 81.1 Å². The van der Waals surface area contributed by atoms with Gasteiger partial charge in [0.25, 0.3) is 5.69 Å². The van der Waals surface area contributed by atoms with Gasteiger partial charge in [-0.15, -0.1) is 10.2 Å². The maximum absolute atomic E-state index is 10.8. The van der Waals surface area contributed by atoms with Gasteiger partial charge in [0.1, 0.15) is 22.9 Å². The lowest BCUT2D eigenvalue weighted by atomic mass is 10.2. The minimum atomic E-state index is -0.474. The van der Waals surface area contributed by atoms with Crippen molar-refractivity contribution in [3.63, 3.8) is 0 Å². The number of anilines is 1. The third-order valence-corrected chi connectivity index (χ3v) is 4.45. The van der Waals surface area contributed by atoms with Crippen LogP contribution in [-0.4, -0.2) is 33.2 Å². The van der Waals surface area contributed by atoms with Crippen LogP contribution in [0.2, 0.25) is 0 Å². The molecule has 0 radical (unpaired) electrons. The number of nitrogens with zero attached hydrogens (tertiary/aromatic N) is 6. The van der Waals surface area contributed by atoms with Crippen molar-refractivity contribution in [2.24, 2.45) is 20.5 Å². The molecular formula is C22H22N6O4. The van der Waals surface area contributed by atoms with Gasteiger partial charge in [0.05, 0.1) is 30.5 Å². The normalized spacial score (nSPS) is 11.1. The predicted octanol–water partition coefficient (Wildman–Crippen LogP) is 6.51. The highest BCUT2D eigenvalue weighted by Crippen LogP contribution is 2.41. The fourth-order valence-electron chi connectivity index (χ4n) is 2.70. The molecule has 10 heteroatoms. The van der Waals surface area contributed by atoms with Crippen molar-refractivity contribution in [3.05, 3.63) is 70.8 Å². The van der Waals surface area contributed by atoms with E-state index in [0.717, 1.165) is 5.69 Å². The Hall–Kier alpha value is -4.34. The number of nitro benzene ring substituents is 1. The van der Waals surface area contributed by atoms with Crippen LogP contribution >= 0.6 is 0 Å². The SMILES string of the molecule is COc1cc(N=Nc2ccc([N+](=O)[O-])cc2)c(OC)cc1N=Nc1ccc(N(C)C)cc1. The summed E-state index contributed by atoms with van der Waals surface area (Å²) in [5.41, 5.74) is 3.08. The smallest absolute Gasteiger partial charge is 0.269 e. The first-order chi connectivity index (χ1) is 15.4. The monoisotopic (exact) mass is 434 g/mol. The summed E-state index contributed by atoms with van der Waals surface area (Å²) in [6.45, 7) is 0. The van der Waals surface area contributed by atoms with E-state index in [9.17, 15) is 10.1 Å². The Morgan fingerprint density at radius 1 is 0.750 bits per heavy atom. The summed E-state index contributed by atoms with van der Waals surface area (Å²) in [5, 5.41) is 27.6. The lowest BCUT2D eigenvalue weighted by Crippen LogP contribution is -2.07. The van der Waals surface area contributed by atoms with E-state index in [4.69, 9.17) is 9.47 Å². The summed E-state index contributed by atoms with van der Waals surface area (Å²) in [7, 11) is 6.96. The maximum Gasteiger partial charge on any atom is 0.269 e. The standard InChI is InChI=1S/C22H22N6O4/c1-27(2)17-9-5-15(6-10-17)23-25-19-13-22(32-4)20(14-21(19)31-3)26-24-16-7-11-18(12-8-16)28(29)30/h5-14H,1-4H3. The van der Waals surface area contributed by atoms with Gasteiger partial charge in [0.15, 0.2) is 0 Å². The van der Waals surface area contributed by atoms with Crippen LogP contribution < -0.4 is 14.4 Å². The predicted molar refractivity (Wildman–Crippen MR) is 122 cm³/mol. The number of hydrogen-bond donors (Lipinski definition) is 0. The first-order valence-corrected chi connectivity index (χ1v) is 9.52. The van der Waals surface area contributed by atoms with Crippen LogP contribution in [0, 0.1) is 10.1 Å². The van der Waals surface area contributed by atoms with Gasteiger partial charge in [-0.25, -0.2) is 0 Å². The third-order valence-electron chi connectivity index (χ3n) is 4.45. The van der Waals surface area contributed by atoms with Gasteiger partial charge in [-0.2, -0.15) is 10.2 Å². The molecule has 0 atom stereocenters. The van der Waals surface area contributed by atoms with Gasteiger partial charge >= 0.3 is 0 Å². The summed E-state index contributed by atoms with van der Waals surface area (Å²) in [6, 6.07) is 16.7. The average molecular weight is 434 g/mol. The highest BCUT2D eigenvalue weighted by atomic mass is 16.6. The Morgan fingerprint density at radius 3 is 1.56 bits per heavy atom. The highest BCUT2D eigenvalue weighted by Gasteiger charge is 2.12. The zero-order valence-corrected chi connectivity index (χ0v) is 18.1. The molecule has 32 heavy (non-hydrogen) atoms. The van der Waals surface area contributed by atoms with Crippen molar-refractivity contribution < 1.29 is 14.4 Å². The largest absolute Gasteiger partial charge is 0.494 e. The number of azo groups is 2. The van der Waals surface area contributed by atoms with Crippen LogP contribution in [0.25, 0.3) is 0 Å². The third kappa shape index (κ3) is 5.42. The number of benzene rings is 3. The summed E-state index contributed by atoms with van der Waals surface area (Å²) >= 11 is 0. The van der Waals surface area contributed by atoms with E-state index in [2.05, 4.69) is 20.5 Å². The molecular weight excluding hydrogens is 412 g/mol. The van der Waals surface area contributed by atoms with Crippen molar-refractivity contribution >= 4 is 34.1 Å². The van der Waals surface area contributed by atoms with Gasteiger partial charge < -0.3 is 14.4 Å². The molecule has 3 rings (SSSR count). The molecule has 0 fully saturated rings. The zero-order chi connectivity index (χ0) is 23.1. The maximum atomic E-state index is 10.8. The second-order valence-corrected chi connectivity index (χ2v) is 6.78. The fraction of sp³-hybridized carbons (Fsp3) is 0.182. The zero-order valence-electron chi connectivity index (χ0n) is 18.1. The second kappa shape index (κ2) is 10.1. The van der Waals surface area contributed by atoms with Gasteiger partial charge in [-0.3, -0.25) is 10.1 Å². The number of methoxy groups -OCH3 is 2. The molecule has 0 aliphatic carbocycles. The second-order valence-electron chi connectivity index (χ2n) is 6.78. The van der Waals surface area contributed by atoms with Gasteiger partial charge in [0.2, 0.25) is 0 Å². The Labute approximate surface area is 185 Å². The van der Waals surface area contributed by atoms with Crippen LogP contribution in [-0.2, 0) is 0 Å². The molecule has 3 aromatic carbocycles. The number of non-ortho nitro benzene ring substituents is 1. The van der Waals surface area contributed by atoms with Crippen molar-refractivity contribution in [1.82, 2.24) is 0 Å². The van der Waals surface area contributed by atoms with E-state index in [0.29, 0.717) is 34.2 Å². The van der Waals surface area contributed by atoms with E-state index in [-0.39, 0.29) is 5.69 Å². The van der Waals surface area contributed by atoms with Gasteiger partial charge in [-0.05, 0) is 36.4 Å². The van der Waals surface area contributed by atoms with Crippen LogP contribution in [0.3, 0.4) is 0 Å². The van der Waals surface area contributed by atoms with Crippen LogP contribution in [0.4, 0.5) is 34.1 Å². The Morgan fingerprint density at radius 2 is 1.19 bits per heavy atom. The summed E-state index contributed by atoms with van der Waals surface area (Å²) in [5.74, 6) is 0.866. The Bertz CT molecular complexity index is 1140. The summed E-state index contributed by atoms with van der Waals surface area (Å²) < 4.78 is 10.8. The molecule has 0 aromatic heterocycles. The molecule has 0 amide bonds. The number of ether oxygens (including phenoxy) is 2. The number of nitro groups is 1. The molecule has 164 valence electrons. The van der Waals surface area contributed by atoms with Crippen molar-refractivity contribution in [2.75, 3.05) is 33.2 Å². The molecule has 0 N–H and O–H groups in total. The molecule has 0 aliphatic rings. The van der Waals surface area contributed by atoms with Crippen LogP contribution in [0.1, 0.15) is 0 Å². The minimum Gasteiger partial charge on any atom is -0.494 e. The van der Waals surface area contributed by atoms with Gasteiger partial charge in [-0.1, -0.05) is 0 Å². The summed E-state index contributed by atoms with van der Waals surface area (Å²) in [6.07, 6.45) is 0. The van der Waals surface area contributed by atoms with Crippen molar-refractivity contribution in [3.8, 4) is 11.5 Å². The molecule has 3 aromatic rings. The molecule has 0 aliphatic heterocycles. The topological polar surface area (TPSA) is 114 Å². The lowest BCUT2D eigenvalue weighted by Gasteiger charge is -2.11. The molecule has 0 heterocycles. The molecule has 0 saturated heterocycles. The van der Waals surface area contributed by atoms with E-state index in [1.807, 2.05) is 43.3 Å². The van der Waals surface area contributed by atoms with E-state index in [1.165, 1.54) is 38.5 Å². The Balaban J connectivity index is 1.86. The molecule has 0 unspecified atom stereocenters. The van der Waals surface area contributed by atoms with Crippen molar-refractivity contribution in [2.45, 2.75) is 0 Å². The molecule has 0 spiro atoms. The number of hydrogen-bond acceptors (Lipinski definition) is 9. The highest BCUT2D eigenvalue weighted by molar-refractivity contribution is 5.66. The first-order valence-electron chi connectivity index (χ1n) is 9.52. The molecule has 10 nitrogen and oxygen atoms in total. The van der Waals surface area contributed by atoms with Crippen molar-refractivity contribution in [1.29, 1.82) is 0 Å². The Kier molecular flexibility index (Phi) is 7.06. The average Bonchev–Trinajstić information content (AvgIpc) is 2.81. The number of rotatable bonds is 8. The quantitative estimate of drug-likeness (QED) is 0.228. The van der Waals surface area contributed by atoms with Crippen LogP contribution in [0.5, 0.6) is 11.5 Å². The molecule has 0 bridgehead atoms. The lowest BCUT2D eigenvalue weighted by molar-refractivity contribution is -0.384. The fourth-order valence-corrected chi connectivity index (χ4v) is 2.70. The van der Waals surface area contributed by atoms with E-state index >= 15 is 0 Å². The summed E-state index contributed by atoms with van der Waals surface area (Å²) in [4.78, 5) is 12.3. The van der Waals surface area contributed by atoms with E-state index in [1.54, 1.807) is 12.1 Å².